The normalized spacial score (nSPS) is 14.7. The van der Waals surface area contributed by atoms with E-state index < -0.39 is 17.6 Å². The zero-order valence-electron chi connectivity index (χ0n) is 16.4. The molecular formula is C22H19F4N3O2. The van der Waals surface area contributed by atoms with Crippen molar-refractivity contribution in [1.82, 2.24) is 9.88 Å². The molecule has 0 unspecified atom stereocenters. The first kappa shape index (κ1) is 21.0. The Kier molecular flexibility index (Phi) is 5.77. The molecule has 1 amide bonds. The SMILES string of the molecule is O=C(Nc1cccc(C(F)(F)F)c1)c1nc2c(o1)CCN(Cc1cccc(F)c1)CC2. The Hall–Kier alpha value is -3.20. The fraction of sp³-hybridized carbons (Fsp3) is 0.273. The van der Waals surface area contributed by atoms with E-state index in [4.69, 9.17) is 4.42 Å². The monoisotopic (exact) mass is 433 g/mol. The van der Waals surface area contributed by atoms with E-state index in [2.05, 4.69) is 15.2 Å². The minimum absolute atomic E-state index is 0.00878. The van der Waals surface area contributed by atoms with Gasteiger partial charge in [-0.2, -0.15) is 13.2 Å². The van der Waals surface area contributed by atoms with Crippen LogP contribution < -0.4 is 5.32 Å². The van der Waals surface area contributed by atoms with Crippen LogP contribution in [0.2, 0.25) is 0 Å². The van der Waals surface area contributed by atoms with Gasteiger partial charge in [0.05, 0.1) is 11.3 Å². The molecule has 0 saturated carbocycles. The van der Waals surface area contributed by atoms with E-state index in [1.165, 1.54) is 24.3 Å². The molecule has 9 heteroatoms. The third kappa shape index (κ3) is 5.11. The smallest absolute Gasteiger partial charge is 0.416 e. The molecule has 4 rings (SSSR count). The van der Waals surface area contributed by atoms with Gasteiger partial charge in [-0.15, -0.1) is 0 Å². The number of alkyl halides is 3. The van der Waals surface area contributed by atoms with Crippen molar-refractivity contribution < 1.29 is 26.8 Å². The molecule has 0 saturated heterocycles. The Morgan fingerprint density at radius 3 is 2.65 bits per heavy atom. The van der Waals surface area contributed by atoms with E-state index in [0.29, 0.717) is 43.9 Å². The van der Waals surface area contributed by atoms with Crippen LogP contribution >= 0.6 is 0 Å². The largest absolute Gasteiger partial charge is 0.437 e. The van der Waals surface area contributed by atoms with Gasteiger partial charge in [0.1, 0.15) is 11.6 Å². The van der Waals surface area contributed by atoms with Crippen LogP contribution in [0.15, 0.2) is 52.9 Å². The van der Waals surface area contributed by atoms with Crippen molar-refractivity contribution >= 4 is 11.6 Å². The Labute approximate surface area is 175 Å². The number of hydrogen-bond donors (Lipinski definition) is 1. The van der Waals surface area contributed by atoms with Gasteiger partial charge in [0.15, 0.2) is 0 Å². The van der Waals surface area contributed by atoms with Gasteiger partial charge >= 0.3 is 12.1 Å². The fourth-order valence-electron chi connectivity index (χ4n) is 3.52. The molecule has 0 fully saturated rings. The number of halogens is 4. The predicted molar refractivity (Wildman–Crippen MR) is 105 cm³/mol. The summed E-state index contributed by atoms with van der Waals surface area (Å²) in [7, 11) is 0. The first-order valence-electron chi connectivity index (χ1n) is 9.72. The Bertz CT molecular complexity index is 1070. The number of nitrogens with zero attached hydrogens (tertiary/aromatic N) is 2. The van der Waals surface area contributed by atoms with E-state index in [1.54, 1.807) is 6.07 Å². The van der Waals surface area contributed by atoms with Crippen LogP contribution in [-0.4, -0.2) is 28.9 Å². The lowest BCUT2D eigenvalue weighted by Gasteiger charge is -2.19. The topological polar surface area (TPSA) is 58.4 Å². The minimum atomic E-state index is -4.50. The number of hydrogen-bond acceptors (Lipinski definition) is 4. The van der Waals surface area contributed by atoms with Crippen molar-refractivity contribution in [3.05, 3.63) is 82.8 Å². The predicted octanol–water partition coefficient (Wildman–Crippen LogP) is 4.69. The lowest BCUT2D eigenvalue weighted by atomic mass is 10.2. The number of fused-ring (bicyclic) bond motifs is 1. The van der Waals surface area contributed by atoms with Crippen LogP contribution in [0.3, 0.4) is 0 Å². The number of rotatable bonds is 4. The van der Waals surface area contributed by atoms with Crippen LogP contribution in [0.25, 0.3) is 0 Å². The van der Waals surface area contributed by atoms with Gasteiger partial charge in [0.25, 0.3) is 5.89 Å². The second kappa shape index (κ2) is 8.50. The standard InChI is InChI=1S/C22H19F4N3O2/c23-16-5-1-3-14(11-16)13-29-9-7-18-19(8-10-29)31-21(28-18)20(30)27-17-6-2-4-15(12-17)22(24,25)26/h1-6,11-12H,7-10,13H2,(H,27,30). The van der Waals surface area contributed by atoms with Crippen molar-refractivity contribution in [3.8, 4) is 0 Å². The summed E-state index contributed by atoms with van der Waals surface area (Å²) in [5.74, 6) is -0.585. The zero-order valence-corrected chi connectivity index (χ0v) is 16.4. The number of carbonyl (C=O) groups is 1. The summed E-state index contributed by atoms with van der Waals surface area (Å²) in [6.07, 6.45) is -3.43. The van der Waals surface area contributed by atoms with Gasteiger partial charge in [-0.05, 0) is 35.9 Å². The average Bonchev–Trinajstić information content (AvgIpc) is 3.04. The maximum atomic E-state index is 13.4. The third-order valence-electron chi connectivity index (χ3n) is 5.04. The maximum absolute atomic E-state index is 13.4. The summed E-state index contributed by atoms with van der Waals surface area (Å²) < 4.78 is 57.5. The molecule has 162 valence electrons. The summed E-state index contributed by atoms with van der Waals surface area (Å²) in [5, 5.41) is 2.40. The first-order valence-corrected chi connectivity index (χ1v) is 9.72. The molecule has 0 bridgehead atoms. The number of aromatic nitrogens is 1. The number of nitrogens with one attached hydrogen (secondary N) is 1. The van der Waals surface area contributed by atoms with Gasteiger partial charge < -0.3 is 9.73 Å². The van der Waals surface area contributed by atoms with Crippen molar-refractivity contribution in [1.29, 1.82) is 0 Å². The molecule has 2 aromatic carbocycles. The summed E-state index contributed by atoms with van der Waals surface area (Å²) in [6.45, 7) is 1.89. The highest BCUT2D eigenvalue weighted by Gasteiger charge is 2.30. The van der Waals surface area contributed by atoms with Gasteiger partial charge in [-0.25, -0.2) is 9.37 Å². The van der Waals surface area contributed by atoms with E-state index in [-0.39, 0.29) is 17.4 Å². The Balaban J connectivity index is 1.40. The van der Waals surface area contributed by atoms with Crippen molar-refractivity contribution in [2.75, 3.05) is 18.4 Å². The molecular weight excluding hydrogens is 414 g/mol. The van der Waals surface area contributed by atoms with Crippen molar-refractivity contribution in [3.63, 3.8) is 0 Å². The van der Waals surface area contributed by atoms with Crippen LogP contribution in [0.5, 0.6) is 0 Å². The second-order valence-corrected chi connectivity index (χ2v) is 7.33. The fourth-order valence-corrected chi connectivity index (χ4v) is 3.52. The van der Waals surface area contributed by atoms with Gasteiger partial charge in [0.2, 0.25) is 0 Å². The van der Waals surface area contributed by atoms with E-state index in [0.717, 1.165) is 17.7 Å². The van der Waals surface area contributed by atoms with Crippen LogP contribution in [0.4, 0.5) is 23.2 Å². The van der Waals surface area contributed by atoms with Crippen molar-refractivity contribution in [2.24, 2.45) is 0 Å². The quantitative estimate of drug-likeness (QED) is 0.607. The summed E-state index contributed by atoms with van der Waals surface area (Å²) in [4.78, 5) is 18.8. The number of oxazole rings is 1. The molecule has 1 N–H and O–H groups in total. The number of benzene rings is 2. The van der Waals surface area contributed by atoms with Crippen LogP contribution in [0.1, 0.15) is 33.3 Å². The molecule has 0 spiro atoms. The van der Waals surface area contributed by atoms with Crippen LogP contribution in [-0.2, 0) is 25.6 Å². The molecule has 0 aliphatic carbocycles. The zero-order chi connectivity index (χ0) is 22.0. The van der Waals surface area contributed by atoms with E-state index >= 15 is 0 Å². The molecule has 3 aromatic rings. The molecule has 2 heterocycles. The molecule has 31 heavy (non-hydrogen) atoms. The molecule has 5 nitrogen and oxygen atoms in total. The highest BCUT2D eigenvalue weighted by atomic mass is 19.4. The average molecular weight is 433 g/mol. The maximum Gasteiger partial charge on any atom is 0.416 e. The van der Waals surface area contributed by atoms with E-state index in [1.807, 2.05) is 6.07 Å². The van der Waals surface area contributed by atoms with Gasteiger partial charge in [-0.3, -0.25) is 9.69 Å². The van der Waals surface area contributed by atoms with Crippen LogP contribution in [0, 0.1) is 5.82 Å². The molecule has 0 atom stereocenters. The van der Waals surface area contributed by atoms with E-state index in [9.17, 15) is 22.4 Å². The van der Waals surface area contributed by atoms with Gasteiger partial charge in [-0.1, -0.05) is 18.2 Å². The summed E-state index contributed by atoms with van der Waals surface area (Å²) >= 11 is 0. The molecule has 1 aliphatic rings. The number of anilines is 1. The third-order valence-corrected chi connectivity index (χ3v) is 5.04. The lowest BCUT2D eigenvalue weighted by molar-refractivity contribution is -0.137. The Morgan fingerprint density at radius 1 is 1.10 bits per heavy atom. The van der Waals surface area contributed by atoms with Gasteiger partial charge in [0, 0.05) is 38.2 Å². The second-order valence-electron chi connectivity index (χ2n) is 7.33. The minimum Gasteiger partial charge on any atom is -0.437 e. The first-order chi connectivity index (χ1) is 14.8. The molecule has 1 aromatic heterocycles. The van der Waals surface area contributed by atoms with Crippen molar-refractivity contribution in [2.45, 2.75) is 25.6 Å². The highest BCUT2D eigenvalue weighted by Crippen LogP contribution is 2.30. The lowest BCUT2D eigenvalue weighted by Crippen LogP contribution is -2.26. The molecule has 1 aliphatic heterocycles. The molecule has 0 radical (unpaired) electrons. The summed E-state index contributed by atoms with van der Waals surface area (Å²) in [6, 6.07) is 10.8. The number of carbonyl (C=O) groups excluding carboxylic acids is 1. The highest BCUT2D eigenvalue weighted by molar-refractivity contribution is 6.01. The summed E-state index contributed by atoms with van der Waals surface area (Å²) in [5.41, 5.74) is 0.671. The number of amides is 1. The Morgan fingerprint density at radius 2 is 1.87 bits per heavy atom.